The Hall–Kier alpha value is -0.810. The van der Waals surface area contributed by atoms with Crippen LogP contribution in [0.1, 0.15) is 46.5 Å². The molecule has 0 spiro atoms. The number of hydroxylamine groups is 1. The van der Waals surface area contributed by atoms with E-state index < -0.39 is 11.7 Å². The smallest absolute Gasteiger partial charge is 0.431 e. The minimum Gasteiger partial charge on any atom is -0.442 e. The van der Waals surface area contributed by atoms with Gasteiger partial charge in [0.2, 0.25) is 0 Å². The summed E-state index contributed by atoms with van der Waals surface area (Å²) < 4.78 is 5.08. The van der Waals surface area contributed by atoms with Crippen LogP contribution in [0.2, 0.25) is 0 Å². The average Bonchev–Trinajstić information content (AvgIpc) is 2.25. The summed E-state index contributed by atoms with van der Waals surface area (Å²) in [5, 5.41) is 3.25. The first-order valence-electron chi connectivity index (χ1n) is 6.22. The molecular weight excluding hydrogens is 220 g/mol. The van der Waals surface area contributed by atoms with E-state index in [1.165, 1.54) is 0 Å². The Kier molecular flexibility index (Phi) is 5.21. The van der Waals surface area contributed by atoms with Crippen molar-refractivity contribution in [3.63, 3.8) is 0 Å². The summed E-state index contributed by atoms with van der Waals surface area (Å²) in [6.07, 6.45) is 3.66. The molecular formula is C12H24N2O3. The lowest BCUT2D eigenvalue weighted by atomic mass is 9.93. The molecule has 1 aliphatic carbocycles. The van der Waals surface area contributed by atoms with Crippen molar-refractivity contribution < 1.29 is 14.4 Å². The zero-order chi connectivity index (χ0) is 12.9. The van der Waals surface area contributed by atoms with Crippen molar-refractivity contribution in [2.45, 2.75) is 64.2 Å². The van der Waals surface area contributed by atoms with Crippen molar-refractivity contribution in [3.05, 3.63) is 0 Å². The molecule has 5 heteroatoms. The Morgan fingerprint density at radius 1 is 1.18 bits per heavy atom. The lowest BCUT2D eigenvalue weighted by molar-refractivity contribution is -0.0556. The number of hydrogen-bond acceptors (Lipinski definition) is 4. The summed E-state index contributed by atoms with van der Waals surface area (Å²) in [6.45, 7) is 5.47. The highest BCUT2D eigenvalue weighted by molar-refractivity contribution is 5.66. The van der Waals surface area contributed by atoms with E-state index in [1.54, 1.807) is 0 Å². The van der Waals surface area contributed by atoms with Gasteiger partial charge in [0.1, 0.15) is 5.60 Å². The van der Waals surface area contributed by atoms with Gasteiger partial charge in [0, 0.05) is 6.04 Å². The molecule has 1 rings (SSSR count). The first-order chi connectivity index (χ1) is 7.90. The summed E-state index contributed by atoms with van der Waals surface area (Å²) in [5.74, 6) is 0. The fraction of sp³-hybridized carbons (Fsp3) is 0.917. The average molecular weight is 244 g/mol. The van der Waals surface area contributed by atoms with Crippen LogP contribution in [0, 0.1) is 0 Å². The van der Waals surface area contributed by atoms with Gasteiger partial charge in [-0.1, -0.05) is 0 Å². The zero-order valence-corrected chi connectivity index (χ0v) is 11.2. The summed E-state index contributed by atoms with van der Waals surface area (Å²) in [7, 11) is 1.98. The standard InChI is InChI=1S/C12H24N2O3/c1-12(2,3)16-11(15)14-17-10-7-5-9(13-4)6-8-10/h9-10,13H,5-8H2,1-4H3,(H,14,15). The van der Waals surface area contributed by atoms with E-state index >= 15 is 0 Å². The van der Waals surface area contributed by atoms with Gasteiger partial charge in [-0.25, -0.2) is 4.79 Å². The second-order valence-electron chi connectivity index (χ2n) is 5.48. The Morgan fingerprint density at radius 3 is 2.24 bits per heavy atom. The van der Waals surface area contributed by atoms with Crippen molar-refractivity contribution in [3.8, 4) is 0 Å². The molecule has 0 atom stereocenters. The van der Waals surface area contributed by atoms with Crippen LogP contribution >= 0.6 is 0 Å². The van der Waals surface area contributed by atoms with Crippen molar-refractivity contribution in [2.24, 2.45) is 0 Å². The molecule has 0 unspecified atom stereocenters. The van der Waals surface area contributed by atoms with Gasteiger partial charge in [0.05, 0.1) is 6.10 Å². The summed E-state index contributed by atoms with van der Waals surface area (Å²) >= 11 is 0. The molecule has 0 aromatic heterocycles. The van der Waals surface area contributed by atoms with Crippen LogP contribution in [0.3, 0.4) is 0 Å². The van der Waals surface area contributed by atoms with E-state index in [4.69, 9.17) is 9.57 Å². The summed E-state index contributed by atoms with van der Waals surface area (Å²) in [6, 6.07) is 0.580. The van der Waals surface area contributed by atoms with Gasteiger partial charge in [-0.15, -0.1) is 0 Å². The molecule has 0 radical (unpaired) electrons. The fourth-order valence-corrected chi connectivity index (χ4v) is 1.90. The third kappa shape index (κ3) is 5.89. The molecule has 1 aliphatic rings. The van der Waals surface area contributed by atoms with E-state index in [9.17, 15) is 4.79 Å². The Morgan fingerprint density at radius 2 is 1.76 bits per heavy atom. The molecule has 1 fully saturated rings. The number of amides is 1. The van der Waals surface area contributed by atoms with E-state index in [-0.39, 0.29) is 6.10 Å². The van der Waals surface area contributed by atoms with Crippen LogP contribution in [0.15, 0.2) is 0 Å². The lowest BCUT2D eigenvalue weighted by Crippen LogP contribution is -2.38. The molecule has 2 N–H and O–H groups in total. The van der Waals surface area contributed by atoms with Gasteiger partial charge in [-0.05, 0) is 53.5 Å². The van der Waals surface area contributed by atoms with Gasteiger partial charge in [-0.3, -0.25) is 4.84 Å². The number of carbonyl (C=O) groups excluding carboxylic acids is 1. The maximum absolute atomic E-state index is 11.4. The second kappa shape index (κ2) is 6.21. The van der Waals surface area contributed by atoms with Crippen molar-refractivity contribution >= 4 is 6.09 Å². The monoisotopic (exact) mass is 244 g/mol. The molecule has 0 heterocycles. The van der Waals surface area contributed by atoms with Gasteiger partial charge in [-0.2, -0.15) is 5.48 Å². The van der Waals surface area contributed by atoms with Gasteiger partial charge >= 0.3 is 6.09 Å². The maximum Gasteiger partial charge on any atom is 0.431 e. The highest BCUT2D eigenvalue weighted by atomic mass is 16.7. The number of carbonyl (C=O) groups is 1. The summed E-state index contributed by atoms with van der Waals surface area (Å²) in [5.41, 5.74) is 1.87. The van der Waals surface area contributed by atoms with Gasteiger partial charge in [0.15, 0.2) is 0 Å². The largest absolute Gasteiger partial charge is 0.442 e. The van der Waals surface area contributed by atoms with E-state index in [1.807, 2.05) is 27.8 Å². The van der Waals surface area contributed by atoms with E-state index in [0.717, 1.165) is 25.7 Å². The fourth-order valence-electron chi connectivity index (χ4n) is 1.90. The number of nitrogens with one attached hydrogen (secondary N) is 2. The van der Waals surface area contributed by atoms with Crippen LogP contribution in [-0.2, 0) is 9.57 Å². The Bertz CT molecular complexity index is 243. The number of hydrogen-bond donors (Lipinski definition) is 2. The van der Waals surface area contributed by atoms with Crippen molar-refractivity contribution in [2.75, 3.05) is 7.05 Å². The van der Waals surface area contributed by atoms with Crippen molar-refractivity contribution in [1.82, 2.24) is 10.8 Å². The predicted molar refractivity (Wildman–Crippen MR) is 65.6 cm³/mol. The molecule has 0 saturated heterocycles. The molecule has 5 nitrogen and oxygen atoms in total. The van der Waals surface area contributed by atoms with Crippen LogP contribution in [0.25, 0.3) is 0 Å². The highest BCUT2D eigenvalue weighted by Gasteiger charge is 2.22. The molecule has 0 bridgehead atoms. The maximum atomic E-state index is 11.4. The van der Waals surface area contributed by atoms with Gasteiger partial charge in [0.25, 0.3) is 0 Å². The minimum atomic E-state index is -0.520. The third-order valence-corrected chi connectivity index (χ3v) is 2.79. The molecule has 17 heavy (non-hydrogen) atoms. The van der Waals surface area contributed by atoms with Crippen LogP contribution in [0.4, 0.5) is 4.79 Å². The number of ether oxygens (including phenoxy) is 1. The van der Waals surface area contributed by atoms with Crippen LogP contribution in [0.5, 0.6) is 0 Å². The summed E-state index contributed by atoms with van der Waals surface area (Å²) in [4.78, 5) is 16.7. The molecule has 0 aromatic rings. The third-order valence-electron chi connectivity index (χ3n) is 2.79. The van der Waals surface area contributed by atoms with Crippen LogP contribution < -0.4 is 10.8 Å². The Balaban J connectivity index is 2.17. The molecule has 100 valence electrons. The topological polar surface area (TPSA) is 59.6 Å². The number of rotatable bonds is 3. The van der Waals surface area contributed by atoms with E-state index in [2.05, 4.69) is 10.8 Å². The SMILES string of the molecule is CNC1CCC(ONC(=O)OC(C)(C)C)CC1. The molecule has 0 aliphatic heterocycles. The van der Waals surface area contributed by atoms with E-state index in [0.29, 0.717) is 6.04 Å². The first kappa shape index (κ1) is 14.3. The Labute approximate surface area is 103 Å². The van der Waals surface area contributed by atoms with Gasteiger partial charge < -0.3 is 10.1 Å². The minimum absolute atomic E-state index is 0.104. The van der Waals surface area contributed by atoms with Crippen molar-refractivity contribution in [1.29, 1.82) is 0 Å². The highest BCUT2D eigenvalue weighted by Crippen LogP contribution is 2.20. The molecule has 1 saturated carbocycles. The normalized spacial score (nSPS) is 25.4. The predicted octanol–water partition coefficient (Wildman–Crippen LogP) is 1.97. The van der Waals surface area contributed by atoms with Crippen LogP contribution in [-0.4, -0.2) is 30.9 Å². The lowest BCUT2D eigenvalue weighted by Gasteiger charge is -2.28. The quantitative estimate of drug-likeness (QED) is 0.745. The molecule has 0 aromatic carbocycles. The zero-order valence-electron chi connectivity index (χ0n) is 11.2. The molecule has 1 amide bonds. The first-order valence-corrected chi connectivity index (χ1v) is 6.22. The second-order valence-corrected chi connectivity index (χ2v) is 5.48.